The minimum absolute atomic E-state index is 0.0276. The smallest absolute Gasteiger partial charge is 0.285 e. The monoisotopic (exact) mass is 356 g/mol. The molecule has 3 aromatic rings. The van der Waals surface area contributed by atoms with Crippen molar-refractivity contribution in [3.8, 4) is 5.75 Å². The molecular weight excluding hydrogens is 340 g/mol. The minimum Gasteiger partial charge on any atom is -0.497 e. The number of aromatic nitrogens is 2. The number of benzene rings is 2. The van der Waals surface area contributed by atoms with Gasteiger partial charge in [0.15, 0.2) is 0 Å². The van der Waals surface area contributed by atoms with Gasteiger partial charge in [-0.2, -0.15) is 10.2 Å². The predicted molar refractivity (Wildman–Crippen MR) is 101 cm³/mol. The van der Waals surface area contributed by atoms with Crippen LogP contribution < -0.4 is 15.7 Å². The number of methoxy groups -OCH3 is 1. The first-order valence-corrected chi connectivity index (χ1v) is 8.14. The lowest BCUT2D eigenvalue weighted by molar-refractivity contribution is 0.415. The van der Waals surface area contributed by atoms with Crippen molar-refractivity contribution in [3.63, 3.8) is 0 Å². The molecule has 1 heterocycles. The van der Waals surface area contributed by atoms with Crippen molar-refractivity contribution in [2.24, 2.45) is 5.10 Å². The number of H-pyrrole nitrogens is 1. The van der Waals surface area contributed by atoms with Crippen LogP contribution in [0.25, 0.3) is 10.8 Å². The lowest BCUT2D eigenvalue weighted by Crippen LogP contribution is -2.11. The summed E-state index contributed by atoms with van der Waals surface area (Å²) in [6, 6.07) is 12.0. The normalized spacial score (nSPS) is 11.6. The van der Waals surface area contributed by atoms with Gasteiger partial charge in [0.1, 0.15) is 16.5 Å². The van der Waals surface area contributed by atoms with E-state index in [1.807, 2.05) is 37.3 Å². The number of anilines is 1. The molecule has 0 aliphatic heterocycles. The second-order valence-electron chi connectivity index (χ2n) is 5.38. The Morgan fingerprint density at radius 2 is 2.04 bits per heavy atom. The van der Waals surface area contributed by atoms with E-state index < -0.39 is 5.56 Å². The molecule has 0 bridgehead atoms. The maximum atomic E-state index is 11.5. The summed E-state index contributed by atoms with van der Waals surface area (Å²) in [4.78, 5) is 11.5. The summed E-state index contributed by atoms with van der Waals surface area (Å²) >= 11 is 5.95. The van der Waals surface area contributed by atoms with Crippen molar-refractivity contribution in [1.29, 1.82) is 0 Å². The van der Waals surface area contributed by atoms with E-state index in [2.05, 4.69) is 26.8 Å². The maximum absolute atomic E-state index is 11.5. The molecule has 6 nitrogen and oxygen atoms in total. The van der Waals surface area contributed by atoms with E-state index >= 15 is 0 Å². The molecule has 0 aliphatic rings. The maximum Gasteiger partial charge on any atom is 0.285 e. The summed E-state index contributed by atoms with van der Waals surface area (Å²) in [5.41, 5.74) is 4.56. The van der Waals surface area contributed by atoms with E-state index in [0.717, 1.165) is 27.8 Å². The third kappa shape index (κ3) is 3.64. The molecule has 0 saturated heterocycles. The Morgan fingerprint density at radius 1 is 1.28 bits per heavy atom. The van der Waals surface area contributed by atoms with Crippen LogP contribution in [0.5, 0.6) is 5.75 Å². The Bertz CT molecular complexity index is 998. The number of ether oxygens (including phenoxy) is 1. The second kappa shape index (κ2) is 7.36. The van der Waals surface area contributed by atoms with Crippen LogP contribution in [0.2, 0.25) is 5.02 Å². The number of hydrazone groups is 1. The minimum atomic E-state index is -0.459. The topological polar surface area (TPSA) is 79.4 Å². The summed E-state index contributed by atoms with van der Waals surface area (Å²) < 4.78 is 5.25. The van der Waals surface area contributed by atoms with E-state index in [-0.39, 0.29) is 5.02 Å². The first-order chi connectivity index (χ1) is 12.1. The number of nitrogens with zero attached hydrogens (tertiary/aromatic N) is 2. The Kier molecular flexibility index (Phi) is 5.00. The predicted octanol–water partition coefficient (Wildman–Crippen LogP) is 3.81. The average molecular weight is 357 g/mol. The van der Waals surface area contributed by atoms with E-state index in [1.165, 1.54) is 6.20 Å². The molecule has 25 heavy (non-hydrogen) atoms. The van der Waals surface area contributed by atoms with Crippen molar-refractivity contribution in [2.75, 3.05) is 12.5 Å². The number of fused-ring (bicyclic) bond motifs is 1. The first kappa shape index (κ1) is 17.0. The zero-order chi connectivity index (χ0) is 17.8. The van der Waals surface area contributed by atoms with Gasteiger partial charge in [-0.15, -0.1) is 0 Å². The van der Waals surface area contributed by atoms with Gasteiger partial charge >= 0.3 is 0 Å². The van der Waals surface area contributed by atoms with Crippen molar-refractivity contribution < 1.29 is 4.74 Å². The van der Waals surface area contributed by atoms with Crippen molar-refractivity contribution in [1.82, 2.24) is 10.2 Å². The van der Waals surface area contributed by atoms with Gasteiger partial charge in [-0.1, -0.05) is 36.7 Å². The molecule has 0 unspecified atom stereocenters. The quantitative estimate of drug-likeness (QED) is 0.538. The van der Waals surface area contributed by atoms with Gasteiger partial charge in [-0.25, -0.2) is 5.10 Å². The lowest BCUT2D eigenvalue weighted by atomic mass is 10.0. The molecule has 3 rings (SSSR count). The van der Waals surface area contributed by atoms with Gasteiger partial charge in [0.2, 0.25) is 0 Å². The number of nitrogens with one attached hydrogen (secondary N) is 2. The molecule has 1 aromatic heterocycles. The van der Waals surface area contributed by atoms with Crippen LogP contribution in [-0.4, -0.2) is 23.0 Å². The van der Waals surface area contributed by atoms with Crippen LogP contribution in [0.15, 0.2) is 52.5 Å². The first-order valence-electron chi connectivity index (χ1n) is 7.76. The van der Waals surface area contributed by atoms with Crippen molar-refractivity contribution >= 4 is 33.8 Å². The molecule has 0 aliphatic carbocycles. The number of aromatic amines is 1. The van der Waals surface area contributed by atoms with Crippen molar-refractivity contribution in [2.45, 2.75) is 13.3 Å². The summed E-state index contributed by atoms with van der Waals surface area (Å²) in [5, 5.41) is 12.6. The van der Waals surface area contributed by atoms with E-state index in [9.17, 15) is 4.79 Å². The molecule has 0 spiro atoms. The van der Waals surface area contributed by atoms with Gasteiger partial charge in [-0.3, -0.25) is 10.2 Å². The Balaban J connectivity index is 1.93. The highest BCUT2D eigenvalue weighted by molar-refractivity contribution is 6.32. The highest BCUT2D eigenvalue weighted by atomic mass is 35.5. The van der Waals surface area contributed by atoms with Crippen LogP contribution in [-0.2, 0) is 0 Å². The third-order valence-electron chi connectivity index (χ3n) is 3.82. The Labute approximate surface area is 149 Å². The fraction of sp³-hybridized carbons (Fsp3) is 0.167. The molecule has 2 aromatic carbocycles. The molecule has 0 amide bonds. The Morgan fingerprint density at radius 3 is 2.80 bits per heavy atom. The molecular formula is C18H17ClN4O2. The van der Waals surface area contributed by atoms with Crippen LogP contribution in [0.4, 0.5) is 5.69 Å². The molecule has 7 heteroatoms. The average Bonchev–Trinajstić information content (AvgIpc) is 2.65. The number of rotatable bonds is 5. The summed E-state index contributed by atoms with van der Waals surface area (Å²) in [7, 11) is 1.65. The van der Waals surface area contributed by atoms with E-state index in [4.69, 9.17) is 16.3 Å². The molecule has 2 N–H and O–H groups in total. The van der Waals surface area contributed by atoms with E-state index in [1.54, 1.807) is 7.11 Å². The zero-order valence-corrected chi connectivity index (χ0v) is 14.6. The second-order valence-corrected chi connectivity index (χ2v) is 5.76. The van der Waals surface area contributed by atoms with E-state index in [0.29, 0.717) is 12.1 Å². The molecule has 0 atom stereocenters. The highest BCUT2D eigenvalue weighted by Crippen LogP contribution is 2.23. The van der Waals surface area contributed by atoms with Crippen LogP contribution in [0, 0.1) is 0 Å². The van der Waals surface area contributed by atoms with Crippen LogP contribution in [0.3, 0.4) is 0 Å². The summed E-state index contributed by atoms with van der Waals surface area (Å²) in [6.07, 6.45) is 2.14. The van der Waals surface area contributed by atoms with Crippen LogP contribution in [0.1, 0.15) is 18.9 Å². The van der Waals surface area contributed by atoms with Gasteiger partial charge < -0.3 is 4.74 Å². The molecule has 0 fully saturated rings. The van der Waals surface area contributed by atoms with Crippen molar-refractivity contribution in [3.05, 3.63) is 63.5 Å². The molecule has 0 radical (unpaired) electrons. The number of hydrogen-bond donors (Lipinski definition) is 2. The number of hydrogen-bond acceptors (Lipinski definition) is 5. The fourth-order valence-corrected chi connectivity index (χ4v) is 2.60. The summed E-state index contributed by atoms with van der Waals surface area (Å²) in [6.45, 7) is 2.01. The van der Waals surface area contributed by atoms with Gasteiger partial charge in [0, 0.05) is 0 Å². The standard InChI is InChI=1S/C18H17ClN4O2/c1-3-15(21-22-16-10-20-23-18(24)17(16)19)13-5-4-12-9-14(25-2)7-6-11(12)8-13/h4-10H,3H2,1-2H3,(H2,22,23,24)/b21-15-. The zero-order valence-electron chi connectivity index (χ0n) is 13.8. The molecule has 128 valence electrons. The SMILES string of the molecule is CC/C(=N/Nc1cn[nH]c(=O)c1Cl)c1ccc2cc(OC)ccc2c1. The Hall–Kier alpha value is -2.86. The highest BCUT2D eigenvalue weighted by Gasteiger charge is 2.07. The van der Waals surface area contributed by atoms with Gasteiger partial charge in [0.05, 0.1) is 19.0 Å². The van der Waals surface area contributed by atoms with Gasteiger partial charge in [-0.05, 0) is 41.0 Å². The molecule has 0 saturated carbocycles. The van der Waals surface area contributed by atoms with Crippen LogP contribution >= 0.6 is 11.6 Å². The number of halogens is 1. The lowest BCUT2D eigenvalue weighted by Gasteiger charge is -2.08. The summed E-state index contributed by atoms with van der Waals surface area (Å²) in [5.74, 6) is 0.822. The third-order valence-corrected chi connectivity index (χ3v) is 4.20. The largest absolute Gasteiger partial charge is 0.497 e. The fourth-order valence-electron chi connectivity index (χ4n) is 2.47. The van der Waals surface area contributed by atoms with Gasteiger partial charge in [0.25, 0.3) is 5.56 Å².